The maximum atomic E-state index is 13.1. The van der Waals surface area contributed by atoms with Crippen LogP contribution in [0.15, 0.2) is 48.5 Å². The van der Waals surface area contributed by atoms with Crippen LogP contribution in [-0.4, -0.2) is 43.2 Å². The van der Waals surface area contributed by atoms with Crippen LogP contribution in [0.5, 0.6) is 5.75 Å². The van der Waals surface area contributed by atoms with Crippen LogP contribution < -0.4 is 9.64 Å². The minimum absolute atomic E-state index is 0.0961. The number of benzene rings is 2. The molecule has 0 fully saturated rings. The van der Waals surface area contributed by atoms with Crippen LogP contribution in [0, 0.1) is 0 Å². The molecule has 0 bridgehead atoms. The summed E-state index contributed by atoms with van der Waals surface area (Å²) in [6.07, 6.45) is -12.0. The van der Waals surface area contributed by atoms with E-state index in [1.54, 1.807) is 31.2 Å². The van der Waals surface area contributed by atoms with Gasteiger partial charge in [0, 0.05) is 17.8 Å². The van der Waals surface area contributed by atoms with Crippen molar-refractivity contribution >= 4 is 11.7 Å². The van der Waals surface area contributed by atoms with Gasteiger partial charge in [0.2, 0.25) is 0 Å². The average molecular weight is 479 g/mol. The van der Waals surface area contributed by atoms with E-state index >= 15 is 0 Å². The zero-order valence-corrected chi connectivity index (χ0v) is 17.8. The van der Waals surface area contributed by atoms with Gasteiger partial charge in [0.25, 0.3) is 5.60 Å². The molecule has 2 aromatic rings. The predicted molar refractivity (Wildman–Crippen MR) is 108 cm³/mol. The van der Waals surface area contributed by atoms with Crippen molar-refractivity contribution in [2.24, 2.45) is 0 Å². The van der Waals surface area contributed by atoms with Crippen LogP contribution in [0.25, 0.3) is 0 Å². The van der Waals surface area contributed by atoms with E-state index in [-0.39, 0.29) is 25.4 Å². The molecule has 1 N–H and O–H groups in total. The molecule has 5 nitrogen and oxygen atoms in total. The lowest BCUT2D eigenvalue weighted by molar-refractivity contribution is -0.376. The van der Waals surface area contributed by atoms with Gasteiger partial charge in [-0.3, -0.25) is 4.79 Å². The molecule has 2 aromatic carbocycles. The second-order valence-electron chi connectivity index (χ2n) is 6.99. The summed E-state index contributed by atoms with van der Waals surface area (Å²) >= 11 is 0. The van der Waals surface area contributed by atoms with E-state index in [0.717, 1.165) is 12.1 Å². The number of carbonyl (C=O) groups excluding carboxylic acids is 1. The van der Waals surface area contributed by atoms with Crippen LogP contribution in [0.3, 0.4) is 0 Å². The van der Waals surface area contributed by atoms with Gasteiger partial charge in [-0.15, -0.1) is 0 Å². The van der Waals surface area contributed by atoms with Crippen molar-refractivity contribution in [3.05, 3.63) is 59.7 Å². The summed E-state index contributed by atoms with van der Waals surface area (Å²) in [5.74, 6) is -0.0178. The first-order chi connectivity index (χ1) is 15.3. The number of nitrogens with zero attached hydrogens (tertiary/aromatic N) is 1. The first-order valence-electron chi connectivity index (χ1n) is 9.92. The monoisotopic (exact) mass is 479 g/mol. The molecule has 0 aliphatic rings. The Balaban J connectivity index is 2.37. The van der Waals surface area contributed by atoms with Gasteiger partial charge < -0.3 is 19.5 Å². The Bertz CT molecular complexity index is 896. The van der Waals surface area contributed by atoms with E-state index in [0.29, 0.717) is 30.1 Å². The molecule has 0 amide bonds. The molecule has 0 aliphatic heterocycles. The van der Waals surface area contributed by atoms with E-state index in [9.17, 15) is 36.2 Å². The molecule has 0 spiro atoms. The summed E-state index contributed by atoms with van der Waals surface area (Å²) in [5, 5.41) is 9.56. The second-order valence-corrected chi connectivity index (χ2v) is 6.99. The van der Waals surface area contributed by atoms with Gasteiger partial charge in [-0.05, 0) is 43.7 Å². The van der Waals surface area contributed by atoms with Crippen LogP contribution in [0.2, 0.25) is 0 Å². The third-order valence-corrected chi connectivity index (χ3v) is 4.70. The molecule has 0 heterocycles. The molecule has 0 atom stereocenters. The molecule has 11 heteroatoms. The molecular formula is C22H23F6NO4. The van der Waals surface area contributed by atoms with Gasteiger partial charge in [0.05, 0.1) is 13.2 Å². The highest BCUT2D eigenvalue weighted by Crippen LogP contribution is 2.50. The average Bonchev–Trinajstić information content (AvgIpc) is 2.73. The summed E-state index contributed by atoms with van der Waals surface area (Å²) < 4.78 is 89.0. The summed E-state index contributed by atoms with van der Waals surface area (Å²) in [4.78, 5) is 13.5. The van der Waals surface area contributed by atoms with Crippen molar-refractivity contribution in [2.45, 2.75) is 38.3 Å². The van der Waals surface area contributed by atoms with Gasteiger partial charge in [0.1, 0.15) is 12.3 Å². The largest absolute Gasteiger partial charge is 0.494 e. The van der Waals surface area contributed by atoms with E-state index in [4.69, 9.17) is 9.47 Å². The quantitative estimate of drug-likeness (QED) is 0.407. The number of alkyl halides is 6. The zero-order valence-electron chi connectivity index (χ0n) is 17.8. The number of esters is 1. The fourth-order valence-electron chi connectivity index (χ4n) is 3.08. The van der Waals surface area contributed by atoms with E-state index in [2.05, 4.69) is 0 Å². The van der Waals surface area contributed by atoms with Gasteiger partial charge in [-0.25, -0.2) is 0 Å². The minimum atomic E-state index is -5.99. The van der Waals surface area contributed by atoms with Crippen LogP contribution in [0.1, 0.15) is 25.0 Å². The highest BCUT2D eigenvalue weighted by molar-refractivity contribution is 5.76. The Morgan fingerprint density at radius 1 is 0.879 bits per heavy atom. The molecule has 182 valence electrons. The third-order valence-electron chi connectivity index (χ3n) is 4.70. The lowest BCUT2D eigenvalue weighted by atomic mass is 9.92. The van der Waals surface area contributed by atoms with Crippen molar-refractivity contribution in [1.82, 2.24) is 0 Å². The number of rotatable bonds is 9. The number of anilines is 1. The molecule has 2 rings (SSSR count). The first kappa shape index (κ1) is 26.3. The zero-order chi connectivity index (χ0) is 24.9. The van der Waals surface area contributed by atoms with Crippen molar-refractivity contribution < 1.29 is 45.7 Å². The molecule has 0 aromatic heterocycles. The number of ether oxygens (including phenoxy) is 2. The molecule has 0 saturated heterocycles. The standard InChI is InChI=1S/C22H23F6NO4/c1-3-32-18-11-5-15(6-12-18)13-29(14-19(30)33-4-2)17-9-7-16(8-10-17)20(31,21(23,24)25)22(26,27)28/h5-12,31H,3-4,13-14H2,1-2H3. The highest BCUT2D eigenvalue weighted by Gasteiger charge is 2.71. The Morgan fingerprint density at radius 2 is 1.42 bits per heavy atom. The van der Waals surface area contributed by atoms with Crippen molar-refractivity contribution in [3.63, 3.8) is 0 Å². The number of carbonyl (C=O) groups is 1. The lowest BCUT2D eigenvalue weighted by Gasteiger charge is -2.33. The molecule has 0 saturated carbocycles. The maximum absolute atomic E-state index is 13.1. The Hall–Kier alpha value is -2.95. The van der Waals surface area contributed by atoms with E-state index in [1.807, 2.05) is 6.92 Å². The highest BCUT2D eigenvalue weighted by atomic mass is 19.4. The van der Waals surface area contributed by atoms with Gasteiger partial charge >= 0.3 is 18.3 Å². The summed E-state index contributed by atoms with van der Waals surface area (Å²) in [6.45, 7) is 3.77. The summed E-state index contributed by atoms with van der Waals surface area (Å²) in [7, 11) is 0. The first-order valence-corrected chi connectivity index (χ1v) is 9.92. The number of hydrogen-bond acceptors (Lipinski definition) is 5. The van der Waals surface area contributed by atoms with E-state index < -0.39 is 29.5 Å². The molecule has 0 unspecified atom stereocenters. The molecular weight excluding hydrogens is 456 g/mol. The normalized spacial score (nSPS) is 12.4. The van der Waals surface area contributed by atoms with Gasteiger partial charge in [-0.2, -0.15) is 26.3 Å². The van der Waals surface area contributed by atoms with Crippen LogP contribution in [0.4, 0.5) is 32.0 Å². The second kappa shape index (κ2) is 10.3. The lowest BCUT2D eigenvalue weighted by Crippen LogP contribution is -2.53. The maximum Gasteiger partial charge on any atom is 0.430 e. The number of hydrogen-bond donors (Lipinski definition) is 1. The minimum Gasteiger partial charge on any atom is -0.494 e. The smallest absolute Gasteiger partial charge is 0.430 e. The van der Waals surface area contributed by atoms with Crippen molar-refractivity contribution in [1.29, 1.82) is 0 Å². The predicted octanol–water partition coefficient (Wildman–Crippen LogP) is 4.97. The molecule has 33 heavy (non-hydrogen) atoms. The third kappa shape index (κ3) is 6.10. The fraction of sp³-hybridized carbons (Fsp3) is 0.409. The van der Waals surface area contributed by atoms with Crippen LogP contribution >= 0.6 is 0 Å². The van der Waals surface area contributed by atoms with Crippen molar-refractivity contribution in [3.8, 4) is 5.75 Å². The topological polar surface area (TPSA) is 59.0 Å². The summed E-state index contributed by atoms with van der Waals surface area (Å²) in [6, 6.07) is 9.83. The molecule has 0 aliphatic carbocycles. The summed E-state index contributed by atoms with van der Waals surface area (Å²) in [5.41, 5.74) is -5.55. The Labute approximate surface area is 186 Å². The number of aliphatic hydroxyl groups is 1. The SMILES string of the molecule is CCOC(=O)CN(Cc1ccc(OCC)cc1)c1ccc(C(O)(C(F)(F)F)C(F)(F)F)cc1. The van der Waals surface area contributed by atoms with Crippen LogP contribution in [-0.2, 0) is 21.7 Å². The van der Waals surface area contributed by atoms with E-state index in [1.165, 1.54) is 4.90 Å². The van der Waals surface area contributed by atoms with Gasteiger partial charge in [-0.1, -0.05) is 24.3 Å². The Morgan fingerprint density at radius 3 is 1.88 bits per heavy atom. The number of halogens is 6. The van der Waals surface area contributed by atoms with Crippen molar-refractivity contribution in [2.75, 3.05) is 24.7 Å². The van der Waals surface area contributed by atoms with Gasteiger partial charge in [0.15, 0.2) is 0 Å². The molecule has 0 radical (unpaired) electrons. The Kier molecular flexibility index (Phi) is 8.23. The fourth-order valence-corrected chi connectivity index (χ4v) is 3.08.